The highest BCUT2D eigenvalue weighted by atomic mass is 32.2. The van der Waals surface area contributed by atoms with E-state index in [4.69, 9.17) is 0 Å². The minimum atomic E-state index is 1.15. The van der Waals surface area contributed by atoms with Crippen molar-refractivity contribution in [2.45, 2.75) is 38.5 Å². The number of unbranched alkanes of at least 4 members (excludes halogenated alkanes) is 3. The number of hydrogen-bond acceptors (Lipinski definition) is 2. The molecule has 0 spiro atoms. The predicted octanol–water partition coefficient (Wildman–Crippen LogP) is 4.13. The number of thioether (sulfide) groups is 1. The van der Waals surface area contributed by atoms with Gasteiger partial charge >= 0.3 is 0 Å². The van der Waals surface area contributed by atoms with E-state index < -0.39 is 0 Å². The van der Waals surface area contributed by atoms with Crippen LogP contribution in [0.3, 0.4) is 0 Å². The molecule has 0 amide bonds. The molecule has 0 bridgehead atoms. The number of aryl methyl sites for hydroxylation is 1. The zero-order valence-corrected chi connectivity index (χ0v) is 12.5. The van der Waals surface area contributed by atoms with Gasteiger partial charge in [0.1, 0.15) is 0 Å². The Morgan fingerprint density at radius 2 is 1.61 bits per heavy atom. The first kappa shape index (κ1) is 15.6. The van der Waals surface area contributed by atoms with E-state index in [9.17, 15) is 0 Å². The number of rotatable bonds is 11. The van der Waals surface area contributed by atoms with Crippen molar-refractivity contribution >= 4 is 11.8 Å². The standard InChI is InChI=1S/C16H27NS/c1-18-15-8-3-2-7-13-17-14-9-12-16-10-5-4-6-11-16/h4-6,10-11,17H,2-3,7-9,12-15H2,1H3. The molecule has 2 heteroatoms. The van der Waals surface area contributed by atoms with Crippen LogP contribution < -0.4 is 5.32 Å². The third-order valence-corrected chi connectivity index (χ3v) is 3.81. The maximum Gasteiger partial charge on any atom is -0.00457 e. The molecular weight excluding hydrogens is 238 g/mol. The monoisotopic (exact) mass is 265 g/mol. The average molecular weight is 265 g/mol. The molecule has 0 saturated carbocycles. The molecule has 18 heavy (non-hydrogen) atoms. The first-order valence-electron chi connectivity index (χ1n) is 7.17. The fourth-order valence-corrected chi connectivity index (χ4v) is 2.53. The Labute approximate surface area is 117 Å². The third kappa shape index (κ3) is 8.60. The summed E-state index contributed by atoms with van der Waals surface area (Å²) in [4.78, 5) is 0. The Morgan fingerprint density at radius 3 is 2.39 bits per heavy atom. The van der Waals surface area contributed by atoms with Gasteiger partial charge in [0, 0.05) is 0 Å². The van der Waals surface area contributed by atoms with Crippen LogP contribution in [0.25, 0.3) is 0 Å². The number of nitrogens with one attached hydrogen (secondary N) is 1. The smallest absolute Gasteiger partial charge is 0.00457 e. The second-order valence-corrected chi connectivity index (χ2v) is 5.73. The van der Waals surface area contributed by atoms with Crippen molar-refractivity contribution in [3.8, 4) is 0 Å². The first-order valence-corrected chi connectivity index (χ1v) is 8.56. The molecule has 0 aromatic heterocycles. The lowest BCUT2D eigenvalue weighted by Crippen LogP contribution is -2.17. The van der Waals surface area contributed by atoms with Crippen molar-refractivity contribution in [2.75, 3.05) is 25.1 Å². The predicted molar refractivity (Wildman–Crippen MR) is 84.5 cm³/mol. The van der Waals surface area contributed by atoms with Crippen LogP contribution in [0.4, 0.5) is 0 Å². The van der Waals surface area contributed by atoms with E-state index in [2.05, 4.69) is 41.9 Å². The van der Waals surface area contributed by atoms with Crippen molar-refractivity contribution < 1.29 is 0 Å². The highest BCUT2D eigenvalue weighted by Gasteiger charge is 1.93. The van der Waals surface area contributed by atoms with Gasteiger partial charge in [-0.3, -0.25) is 0 Å². The van der Waals surface area contributed by atoms with E-state index >= 15 is 0 Å². The lowest BCUT2D eigenvalue weighted by Gasteiger charge is -2.05. The number of benzene rings is 1. The minimum Gasteiger partial charge on any atom is -0.317 e. The van der Waals surface area contributed by atoms with E-state index in [-0.39, 0.29) is 0 Å². The SMILES string of the molecule is CSCCCCCCNCCCc1ccccc1. The molecule has 0 aliphatic rings. The minimum absolute atomic E-state index is 1.15. The largest absolute Gasteiger partial charge is 0.317 e. The van der Waals surface area contributed by atoms with E-state index in [1.807, 2.05) is 11.8 Å². The Kier molecular flexibility index (Phi) is 10.1. The summed E-state index contributed by atoms with van der Waals surface area (Å²) in [6.45, 7) is 2.34. The van der Waals surface area contributed by atoms with Gasteiger partial charge in [0.2, 0.25) is 0 Å². The van der Waals surface area contributed by atoms with Gasteiger partial charge in [0.15, 0.2) is 0 Å². The lowest BCUT2D eigenvalue weighted by molar-refractivity contribution is 0.586. The van der Waals surface area contributed by atoms with E-state index in [0.29, 0.717) is 0 Å². The van der Waals surface area contributed by atoms with Crippen LogP contribution in [-0.4, -0.2) is 25.1 Å². The molecule has 0 atom stereocenters. The quantitative estimate of drug-likeness (QED) is 0.604. The molecule has 0 saturated heterocycles. The zero-order valence-electron chi connectivity index (χ0n) is 11.7. The van der Waals surface area contributed by atoms with Crippen LogP contribution in [0.5, 0.6) is 0 Å². The third-order valence-electron chi connectivity index (χ3n) is 3.11. The Bertz CT molecular complexity index is 274. The van der Waals surface area contributed by atoms with E-state index in [1.165, 1.54) is 56.4 Å². The average Bonchev–Trinajstić information content (AvgIpc) is 2.42. The molecule has 0 fully saturated rings. The summed E-state index contributed by atoms with van der Waals surface area (Å²) in [5.74, 6) is 1.32. The Balaban J connectivity index is 1.82. The van der Waals surface area contributed by atoms with Crippen LogP contribution in [0.2, 0.25) is 0 Å². The Morgan fingerprint density at radius 1 is 0.889 bits per heavy atom. The summed E-state index contributed by atoms with van der Waals surface area (Å²) in [7, 11) is 0. The van der Waals surface area contributed by atoms with Gasteiger partial charge in [-0.1, -0.05) is 43.2 Å². The molecule has 0 unspecified atom stereocenters. The maximum absolute atomic E-state index is 3.54. The van der Waals surface area contributed by atoms with E-state index in [1.54, 1.807) is 0 Å². The van der Waals surface area contributed by atoms with Crippen LogP contribution in [0.1, 0.15) is 37.7 Å². The van der Waals surface area contributed by atoms with Gasteiger partial charge in [0.05, 0.1) is 0 Å². The second kappa shape index (κ2) is 11.6. The molecule has 1 aromatic carbocycles. The molecule has 0 heterocycles. The summed E-state index contributed by atoms with van der Waals surface area (Å²) in [5, 5.41) is 3.54. The van der Waals surface area contributed by atoms with Crippen molar-refractivity contribution in [2.24, 2.45) is 0 Å². The van der Waals surface area contributed by atoms with Crippen LogP contribution in [0.15, 0.2) is 30.3 Å². The van der Waals surface area contributed by atoms with Gasteiger partial charge in [-0.25, -0.2) is 0 Å². The highest BCUT2D eigenvalue weighted by molar-refractivity contribution is 7.98. The molecular formula is C16H27NS. The summed E-state index contributed by atoms with van der Waals surface area (Å²) >= 11 is 1.96. The highest BCUT2D eigenvalue weighted by Crippen LogP contribution is 2.04. The maximum atomic E-state index is 3.54. The van der Waals surface area contributed by atoms with Gasteiger partial charge in [-0.15, -0.1) is 0 Å². The summed E-state index contributed by atoms with van der Waals surface area (Å²) in [6.07, 6.45) is 10.1. The van der Waals surface area contributed by atoms with Gasteiger partial charge in [-0.05, 0) is 56.3 Å². The lowest BCUT2D eigenvalue weighted by atomic mass is 10.1. The van der Waals surface area contributed by atoms with Crippen LogP contribution >= 0.6 is 11.8 Å². The molecule has 1 rings (SSSR count). The summed E-state index contributed by atoms with van der Waals surface area (Å²) < 4.78 is 0. The molecule has 1 aromatic rings. The van der Waals surface area contributed by atoms with Gasteiger partial charge in [0.25, 0.3) is 0 Å². The second-order valence-electron chi connectivity index (χ2n) is 4.75. The van der Waals surface area contributed by atoms with Crippen molar-refractivity contribution in [1.29, 1.82) is 0 Å². The van der Waals surface area contributed by atoms with Crippen molar-refractivity contribution in [3.63, 3.8) is 0 Å². The fourth-order valence-electron chi connectivity index (χ4n) is 2.04. The molecule has 0 aliphatic heterocycles. The summed E-state index contributed by atoms with van der Waals surface area (Å²) in [5.41, 5.74) is 1.45. The topological polar surface area (TPSA) is 12.0 Å². The van der Waals surface area contributed by atoms with E-state index in [0.717, 1.165) is 6.54 Å². The van der Waals surface area contributed by atoms with Crippen molar-refractivity contribution in [1.82, 2.24) is 5.32 Å². The Hall–Kier alpha value is -0.470. The van der Waals surface area contributed by atoms with Crippen LogP contribution in [0, 0.1) is 0 Å². The molecule has 1 N–H and O–H groups in total. The molecule has 0 aliphatic carbocycles. The zero-order chi connectivity index (χ0) is 12.9. The first-order chi connectivity index (χ1) is 8.93. The van der Waals surface area contributed by atoms with Gasteiger partial charge < -0.3 is 5.32 Å². The normalized spacial score (nSPS) is 10.7. The number of hydrogen-bond donors (Lipinski definition) is 1. The summed E-state index contributed by atoms with van der Waals surface area (Å²) in [6, 6.07) is 10.8. The molecule has 0 radical (unpaired) electrons. The molecule has 1 nitrogen and oxygen atoms in total. The molecule has 102 valence electrons. The van der Waals surface area contributed by atoms with Crippen LogP contribution in [-0.2, 0) is 6.42 Å². The van der Waals surface area contributed by atoms with Crippen molar-refractivity contribution in [3.05, 3.63) is 35.9 Å². The fraction of sp³-hybridized carbons (Fsp3) is 0.625. The van der Waals surface area contributed by atoms with Gasteiger partial charge in [-0.2, -0.15) is 11.8 Å².